The molecule has 6 heteroatoms. The third-order valence-electron chi connectivity index (χ3n) is 2.97. The quantitative estimate of drug-likeness (QED) is 0.752. The largest absolute Gasteiger partial charge is 0.462 e. The first kappa shape index (κ1) is 13.5. The van der Waals surface area contributed by atoms with Crippen LogP contribution in [0.4, 0.5) is 5.69 Å². The maximum absolute atomic E-state index is 11.8. The van der Waals surface area contributed by atoms with Crippen molar-refractivity contribution in [3.63, 3.8) is 0 Å². The second-order valence-electron chi connectivity index (χ2n) is 4.34. The summed E-state index contributed by atoms with van der Waals surface area (Å²) in [6.07, 6.45) is 1.66. The van der Waals surface area contributed by atoms with E-state index in [0.29, 0.717) is 27.5 Å². The molecule has 0 aliphatic heterocycles. The summed E-state index contributed by atoms with van der Waals surface area (Å²) in [5.74, 6) is -0.430. The number of carbonyl (C=O) groups is 1. The van der Waals surface area contributed by atoms with Gasteiger partial charge in [-0.1, -0.05) is 30.3 Å². The molecule has 5 nitrogen and oxygen atoms in total. The number of hydrogen-bond donors (Lipinski definition) is 1. The number of aromatic nitrogens is 2. The lowest BCUT2D eigenvalue weighted by Crippen LogP contribution is -2.04. The van der Waals surface area contributed by atoms with Crippen LogP contribution in [0.25, 0.3) is 21.6 Å². The highest BCUT2D eigenvalue weighted by Crippen LogP contribution is 2.32. The van der Waals surface area contributed by atoms with Crippen molar-refractivity contribution in [1.29, 1.82) is 0 Å². The number of nitrogen functional groups attached to an aromatic ring is 1. The van der Waals surface area contributed by atoms with Crippen molar-refractivity contribution >= 4 is 33.3 Å². The van der Waals surface area contributed by atoms with Gasteiger partial charge in [-0.25, -0.2) is 14.8 Å². The van der Waals surface area contributed by atoms with Crippen LogP contribution >= 0.6 is 11.3 Å². The Bertz CT molecular complexity index is 799. The molecule has 0 spiro atoms. The van der Waals surface area contributed by atoms with E-state index < -0.39 is 5.97 Å². The number of esters is 1. The summed E-state index contributed by atoms with van der Waals surface area (Å²) in [5, 5.41) is 0. The van der Waals surface area contributed by atoms with Crippen LogP contribution in [-0.4, -0.2) is 22.5 Å². The number of hydrogen-bond acceptors (Lipinski definition) is 6. The van der Waals surface area contributed by atoms with Crippen LogP contribution in [-0.2, 0) is 4.74 Å². The Hall–Kier alpha value is -2.47. The highest BCUT2D eigenvalue weighted by atomic mass is 32.1. The molecule has 0 radical (unpaired) electrons. The van der Waals surface area contributed by atoms with Crippen molar-refractivity contribution in [2.24, 2.45) is 0 Å². The van der Waals surface area contributed by atoms with Gasteiger partial charge in [-0.3, -0.25) is 0 Å². The summed E-state index contributed by atoms with van der Waals surface area (Å²) in [5.41, 5.74) is 8.56. The second kappa shape index (κ2) is 5.49. The number of benzene rings is 1. The van der Waals surface area contributed by atoms with Crippen molar-refractivity contribution in [3.8, 4) is 11.3 Å². The van der Waals surface area contributed by atoms with Crippen LogP contribution in [0.5, 0.6) is 0 Å². The Kier molecular flexibility index (Phi) is 3.53. The van der Waals surface area contributed by atoms with E-state index in [0.717, 1.165) is 11.3 Å². The first-order chi connectivity index (χ1) is 10.2. The number of rotatable bonds is 3. The number of fused-ring (bicyclic) bond motifs is 1. The van der Waals surface area contributed by atoms with E-state index >= 15 is 0 Å². The van der Waals surface area contributed by atoms with Crippen molar-refractivity contribution in [2.45, 2.75) is 6.92 Å². The molecule has 3 rings (SSSR count). The molecule has 0 unspecified atom stereocenters. The molecule has 2 heterocycles. The highest BCUT2D eigenvalue weighted by molar-refractivity contribution is 7.21. The molecule has 106 valence electrons. The topological polar surface area (TPSA) is 78.1 Å². The van der Waals surface area contributed by atoms with Gasteiger partial charge in [-0.2, -0.15) is 0 Å². The molecule has 0 amide bonds. The minimum Gasteiger partial charge on any atom is -0.462 e. The van der Waals surface area contributed by atoms with Crippen LogP contribution < -0.4 is 5.73 Å². The zero-order valence-electron chi connectivity index (χ0n) is 11.4. The van der Waals surface area contributed by atoms with Gasteiger partial charge < -0.3 is 10.5 Å². The van der Waals surface area contributed by atoms with Gasteiger partial charge >= 0.3 is 5.97 Å². The summed E-state index contributed by atoms with van der Waals surface area (Å²) < 4.78 is 4.99. The van der Waals surface area contributed by atoms with E-state index in [1.54, 1.807) is 13.1 Å². The fourth-order valence-electron chi connectivity index (χ4n) is 1.98. The number of nitrogens with two attached hydrogens (primary N) is 1. The fraction of sp³-hybridized carbons (Fsp3) is 0.133. The molecule has 0 aliphatic rings. The average molecular weight is 299 g/mol. The minimum absolute atomic E-state index is 0.308. The van der Waals surface area contributed by atoms with E-state index in [9.17, 15) is 4.79 Å². The van der Waals surface area contributed by atoms with Crippen molar-refractivity contribution < 1.29 is 9.53 Å². The van der Waals surface area contributed by atoms with Gasteiger partial charge in [0.05, 0.1) is 24.2 Å². The normalized spacial score (nSPS) is 10.7. The summed E-state index contributed by atoms with van der Waals surface area (Å²) in [6, 6.07) is 9.73. The van der Waals surface area contributed by atoms with Crippen LogP contribution in [0.1, 0.15) is 16.6 Å². The number of thiophene rings is 1. The van der Waals surface area contributed by atoms with Crippen molar-refractivity contribution in [1.82, 2.24) is 9.97 Å². The molecule has 0 aliphatic carbocycles. The molecular weight excluding hydrogens is 286 g/mol. The SMILES string of the molecule is CCOC(=O)c1sc2nc(-c3ccccc3)cnc2c1N. The van der Waals surface area contributed by atoms with Crippen molar-refractivity contribution in [2.75, 3.05) is 12.3 Å². The molecule has 0 fully saturated rings. The van der Waals surface area contributed by atoms with Gasteiger partial charge in [0, 0.05) is 5.56 Å². The van der Waals surface area contributed by atoms with Gasteiger partial charge in [0.2, 0.25) is 0 Å². The molecule has 0 saturated heterocycles. The lowest BCUT2D eigenvalue weighted by Gasteiger charge is -1.99. The molecule has 0 atom stereocenters. The Morgan fingerprint density at radius 1 is 1.33 bits per heavy atom. The molecule has 1 aromatic carbocycles. The van der Waals surface area contributed by atoms with Crippen LogP contribution in [0.3, 0.4) is 0 Å². The molecule has 0 saturated carbocycles. The van der Waals surface area contributed by atoms with Gasteiger partial charge in [0.25, 0.3) is 0 Å². The maximum atomic E-state index is 11.8. The van der Waals surface area contributed by atoms with E-state index in [-0.39, 0.29) is 0 Å². The summed E-state index contributed by atoms with van der Waals surface area (Å²) in [7, 11) is 0. The molecule has 21 heavy (non-hydrogen) atoms. The maximum Gasteiger partial charge on any atom is 0.350 e. The summed E-state index contributed by atoms with van der Waals surface area (Å²) in [6.45, 7) is 2.06. The monoisotopic (exact) mass is 299 g/mol. The third-order valence-corrected chi connectivity index (χ3v) is 4.04. The standard InChI is InChI=1S/C15H13N3O2S/c1-2-20-15(19)13-11(16)12-14(21-13)18-10(8-17-12)9-6-4-3-5-7-9/h3-8H,2,16H2,1H3. The highest BCUT2D eigenvalue weighted by Gasteiger charge is 2.19. The predicted molar refractivity (Wildman–Crippen MR) is 83.2 cm³/mol. The summed E-state index contributed by atoms with van der Waals surface area (Å²) >= 11 is 1.21. The van der Waals surface area contributed by atoms with E-state index in [1.165, 1.54) is 11.3 Å². The Morgan fingerprint density at radius 3 is 2.81 bits per heavy atom. The lowest BCUT2D eigenvalue weighted by atomic mass is 10.2. The Labute approximate surface area is 125 Å². The number of anilines is 1. The fourth-order valence-corrected chi connectivity index (χ4v) is 2.93. The molecule has 0 bridgehead atoms. The first-order valence-electron chi connectivity index (χ1n) is 6.48. The van der Waals surface area contributed by atoms with Gasteiger partial charge in [0.1, 0.15) is 15.2 Å². The second-order valence-corrected chi connectivity index (χ2v) is 5.34. The molecule has 2 aromatic heterocycles. The minimum atomic E-state index is -0.430. The number of carbonyl (C=O) groups excluding carboxylic acids is 1. The van der Waals surface area contributed by atoms with Crippen LogP contribution in [0, 0.1) is 0 Å². The molecular formula is C15H13N3O2S. The number of ether oxygens (including phenoxy) is 1. The van der Waals surface area contributed by atoms with E-state index in [1.807, 2.05) is 30.3 Å². The predicted octanol–water partition coefficient (Wildman–Crippen LogP) is 3.12. The summed E-state index contributed by atoms with van der Waals surface area (Å²) in [4.78, 5) is 21.7. The average Bonchev–Trinajstić information content (AvgIpc) is 2.85. The number of nitrogens with zero attached hydrogens (tertiary/aromatic N) is 2. The van der Waals surface area contributed by atoms with Gasteiger partial charge in [-0.05, 0) is 6.92 Å². The lowest BCUT2D eigenvalue weighted by molar-refractivity contribution is 0.0533. The zero-order valence-corrected chi connectivity index (χ0v) is 12.2. The molecule has 2 N–H and O–H groups in total. The van der Waals surface area contributed by atoms with Crippen LogP contribution in [0.15, 0.2) is 36.5 Å². The third kappa shape index (κ3) is 2.45. The van der Waals surface area contributed by atoms with Gasteiger partial charge in [0.15, 0.2) is 0 Å². The first-order valence-corrected chi connectivity index (χ1v) is 7.30. The smallest absolute Gasteiger partial charge is 0.350 e. The van der Waals surface area contributed by atoms with E-state index in [4.69, 9.17) is 10.5 Å². The Morgan fingerprint density at radius 2 is 2.10 bits per heavy atom. The van der Waals surface area contributed by atoms with Gasteiger partial charge in [-0.15, -0.1) is 11.3 Å². The van der Waals surface area contributed by atoms with Crippen molar-refractivity contribution in [3.05, 3.63) is 41.4 Å². The molecule has 3 aromatic rings. The Balaban J connectivity index is 2.09. The van der Waals surface area contributed by atoms with Crippen LogP contribution in [0.2, 0.25) is 0 Å². The zero-order chi connectivity index (χ0) is 14.8. The van der Waals surface area contributed by atoms with E-state index in [2.05, 4.69) is 9.97 Å².